The van der Waals surface area contributed by atoms with Crippen LogP contribution in [0.2, 0.25) is 0 Å². The Kier molecular flexibility index (Phi) is 4.11. The molecule has 2 saturated heterocycles. The normalized spacial score (nSPS) is 35.3. The smallest absolute Gasteiger partial charge is 0.255 e. The number of amides is 3. The van der Waals surface area contributed by atoms with Gasteiger partial charge in [0.2, 0.25) is 11.8 Å². The van der Waals surface area contributed by atoms with Crippen LogP contribution in [0.1, 0.15) is 82.5 Å². The van der Waals surface area contributed by atoms with Gasteiger partial charge in [-0.3, -0.25) is 24.6 Å². The molecule has 3 amide bonds. The van der Waals surface area contributed by atoms with Crippen LogP contribution in [0.4, 0.5) is 10.1 Å². The van der Waals surface area contributed by atoms with E-state index in [1.165, 1.54) is 44.2 Å². The summed E-state index contributed by atoms with van der Waals surface area (Å²) in [5.41, 5.74) is -3.69. The Bertz CT molecular complexity index is 1740. The minimum Gasteiger partial charge on any atom is -0.381 e. The fourth-order valence-corrected chi connectivity index (χ4v) is 4.86. The molecule has 0 aromatic heterocycles. The van der Waals surface area contributed by atoms with E-state index in [-0.39, 0.29) is 29.8 Å². The molecule has 2 aromatic rings. The molecule has 8 nitrogen and oxygen atoms in total. The Morgan fingerprint density at radius 3 is 2.66 bits per heavy atom. The fraction of sp³-hybridized carbons (Fsp3) is 0.483. The topological polar surface area (TPSA) is 91.0 Å². The van der Waals surface area contributed by atoms with Gasteiger partial charge in [-0.25, -0.2) is 4.39 Å². The minimum absolute atomic E-state index is 0.0539. The van der Waals surface area contributed by atoms with E-state index in [9.17, 15) is 14.4 Å². The highest BCUT2D eigenvalue weighted by Gasteiger charge is 2.40. The van der Waals surface area contributed by atoms with Crippen molar-refractivity contribution in [1.82, 2.24) is 15.1 Å². The van der Waals surface area contributed by atoms with Gasteiger partial charge in [0.25, 0.3) is 5.91 Å². The first-order chi connectivity index (χ1) is 22.2. The molecule has 0 aliphatic carbocycles. The van der Waals surface area contributed by atoms with E-state index < -0.39 is 79.9 Å². The number of nitrogens with one attached hydrogen (secondary N) is 2. The van der Waals surface area contributed by atoms with E-state index in [1.807, 2.05) is 0 Å². The van der Waals surface area contributed by atoms with Crippen LogP contribution in [-0.2, 0) is 34.0 Å². The van der Waals surface area contributed by atoms with Crippen molar-refractivity contribution < 1.29 is 38.6 Å². The molecule has 0 spiro atoms. The summed E-state index contributed by atoms with van der Waals surface area (Å²) in [5.74, 6) is -4.23. The first-order valence-corrected chi connectivity index (χ1v) is 12.0. The number of anilines is 1. The van der Waals surface area contributed by atoms with E-state index >= 15 is 4.39 Å². The zero-order valence-corrected chi connectivity index (χ0v) is 21.1. The predicted octanol–water partition coefficient (Wildman–Crippen LogP) is 3.59. The zero-order chi connectivity index (χ0) is 36.9. The summed E-state index contributed by atoms with van der Waals surface area (Å²) in [6.07, 6.45) is -6.19. The quantitative estimate of drug-likeness (QED) is 0.552. The Morgan fingerprint density at radius 1 is 1.13 bits per heavy atom. The number of morpholine rings is 1. The molecule has 0 bridgehead atoms. The Labute approximate surface area is 238 Å². The molecule has 2 fully saturated rings. The van der Waals surface area contributed by atoms with E-state index in [0.29, 0.717) is 16.2 Å². The van der Waals surface area contributed by atoms with Crippen molar-refractivity contribution in [2.75, 3.05) is 18.3 Å². The molecule has 2 atom stereocenters. The van der Waals surface area contributed by atoms with Crippen molar-refractivity contribution in [3.05, 3.63) is 64.5 Å². The number of halogens is 1. The third-order valence-electron chi connectivity index (χ3n) is 6.28. The fourth-order valence-electron chi connectivity index (χ4n) is 4.86. The second-order valence-corrected chi connectivity index (χ2v) is 9.95. The lowest BCUT2D eigenvalue weighted by molar-refractivity contribution is -0.182. The number of ether oxygens (including phenoxy) is 1. The summed E-state index contributed by atoms with van der Waals surface area (Å²) in [7, 11) is 0. The maximum atomic E-state index is 16.1. The molecule has 2 aromatic carbocycles. The maximum Gasteiger partial charge on any atom is 0.255 e. The van der Waals surface area contributed by atoms with Gasteiger partial charge in [-0.15, -0.1) is 0 Å². The summed E-state index contributed by atoms with van der Waals surface area (Å²) in [4.78, 5) is 39.6. The SMILES string of the molecule is [2H]C([2H])([2H])C1(C)OC(C)(C)C([2H])([2H])N(Cc2cccc(CNc3cccc4c3CN(C3C(=O)NC(=O)C([2H])([2H])C3([2H])[2H])C4=O)c2F)C1([2H])[2H]. The Hall–Kier alpha value is -3.30. The third-order valence-corrected chi connectivity index (χ3v) is 6.28. The zero-order valence-electron chi connectivity index (χ0n) is 32.1. The van der Waals surface area contributed by atoms with E-state index in [1.54, 1.807) is 11.4 Å². The van der Waals surface area contributed by atoms with Crippen molar-refractivity contribution in [3.8, 4) is 0 Å². The van der Waals surface area contributed by atoms with Gasteiger partial charge in [-0.05, 0) is 46.1 Å². The minimum atomic E-state index is -3.12. The molecule has 0 radical (unpaired) electrons. The van der Waals surface area contributed by atoms with Crippen molar-refractivity contribution in [2.24, 2.45) is 0 Å². The highest BCUT2D eigenvalue weighted by Crippen LogP contribution is 2.33. The van der Waals surface area contributed by atoms with Gasteiger partial charge in [0.05, 0.1) is 11.2 Å². The van der Waals surface area contributed by atoms with Crippen LogP contribution in [-0.4, -0.2) is 57.8 Å². The third kappa shape index (κ3) is 5.31. The molecule has 38 heavy (non-hydrogen) atoms. The molecule has 3 heterocycles. The highest BCUT2D eigenvalue weighted by atomic mass is 19.1. The first kappa shape index (κ1) is 16.0. The van der Waals surface area contributed by atoms with Crippen molar-refractivity contribution in [3.63, 3.8) is 0 Å². The van der Waals surface area contributed by atoms with Crippen LogP contribution in [0, 0.1) is 5.82 Å². The van der Waals surface area contributed by atoms with Crippen molar-refractivity contribution in [2.45, 2.75) is 77.2 Å². The van der Waals surface area contributed by atoms with Gasteiger partial charge in [-0.1, -0.05) is 24.3 Å². The molecule has 5 rings (SSSR count). The molecule has 2 N–H and O–H groups in total. The monoisotopic (exact) mass is 533 g/mol. The summed E-state index contributed by atoms with van der Waals surface area (Å²) >= 11 is 0. The number of rotatable bonds is 6. The van der Waals surface area contributed by atoms with Gasteiger partial charge in [0, 0.05) is 82.0 Å². The van der Waals surface area contributed by atoms with E-state index in [4.69, 9.17) is 19.8 Å². The molecule has 3 aliphatic rings. The van der Waals surface area contributed by atoms with Gasteiger partial charge < -0.3 is 15.0 Å². The summed E-state index contributed by atoms with van der Waals surface area (Å²) < 4.78 is 113. The lowest BCUT2D eigenvalue weighted by Crippen LogP contribution is -2.56. The van der Waals surface area contributed by atoms with Gasteiger partial charge in [0.15, 0.2) is 0 Å². The average molecular weight is 534 g/mol. The maximum absolute atomic E-state index is 16.1. The Morgan fingerprint density at radius 2 is 1.87 bits per heavy atom. The van der Waals surface area contributed by atoms with Crippen LogP contribution in [0.25, 0.3) is 0 Å². The number of nitrogens with zero attached hydrogens (tertiary/aromatic N) is 2. The molecular formula is C29H35FN4O4. The first-order valence-electron chi connectivity index (χ1n) is 17.5. The number of hydrogen-bond acceptors (Lipinski definition) is 6. The largest absolute Gasteiger partial charge is 0.381 e. The standard InChI is InChI=1S/C29H35FN4O4/c1-28(2)16-33(17-29(3,4)38-28)14-19-8-5-7-18(25(19)30)13-31-22-10-6-9-20-21(22)15-34(27(20)37)23-11-12-24(35)32-26(23)36/h5-10,23,31H,11-17H2,1-4H3,(H,32,35,36)/i1D3,11D2,12D2,16D2,17D2. The average Bonchev–Trinajstić information content (AvgIpc) is 3.29. The van der Waals surface area contributed by atoms with Gasteiger partial charge in [-0.2, -0.15) is 0 Å². The molecular weight excluding hydrogens is 487 g/mol. The molecule has 202 valence electrons. The lowest BCUT2D eigenvalue weighted by Gasteiger charge is -2.47. The van der Waals surface area contributed by atoms with E-state index in [0.717, 1.165) is 11.8 Å². The number of piperidine rings is 1. The number of carbonyl (C=O) groups excluding carboxylic acids is 3. The number of hydrogen-bond donors (Lipinski definition) is 2. The molecule has 0 saturated carbocycles. The Balaban J connectivity index is 1.41. The lowest BCUT2D eigenvalue weighted by atomic mass is 9.98. The summed E-state index contributed by atoms with van der Waals surface area (Å²) in [5, 5.41) is 4.81. The van der Waals surface area contributed by atoms with Crippen molar-refractivity contribution >= 4 is 23.4 Å². The number of carbonyl (C=O) groups is 3. The number of fused-ring (bicyclic) bond motifs is 1. The number of benzene rings is 2. The second kappa shape index (κ2) is 9.78. The molecule has 3 aliphatic heterocycles. The van der Waals surface area contributed by atoms with Crippen LogP contribution in [0.15, 0.2) is 36.4 Å². The highest BCUT2D eigenvalue weighted by molar-refractivity contribution is 6.06. The van der Waals surface area contributed by atoms with Crippen LogP contribution in [0.5, 0.6) is 0 Å². The summed E-state index contributed by atoms with van der Waals surface area (Å²) in [6, 6.07) is 6.73. The van der Waals surface area contributed by atoms with Crippen molar-refractivity contribution in [1.29, 1.82) is 0 Å². The number of imide groups is 1. The molecule has 2 unspecified atom stereocenters. The summed E-state index contributed by atoms with van der Waals surface area (Å²) in [6.45, 7) is -6.11. The van der Waals surface area contributed by atoms with Crippen LogP contribution >= 0.6 is 0 Å². The molecule has 9 heteroatoms. The van der Waals surface area contributed by atoms with Gasteiger partial charge in [0.1, 0.15) is 11.9 Å². The van der Waals surface area contributed by atoms with Gasteiger partial charge >= 0.3 is 0 Å². The second-order valence-electron chi connectivity index (χ2n) is 9.95. The van der Waals surface area contributed by atoms with E-state index in [2.05, 4.69) is 5.32 Å². The van der Waals surface area contributed by atoms with Crippen LogP contribution in [0.3, 0.4) is 0 Å². The predicted molar refractivity (Wildman–Crippen MR) is 141 cm³/mol. The van der Waals surface area contributed by atoms with Crippen LogP contribution < -0.4 is 10.6 Å².